The Bertz CT molecular complexity index is 1920. The highest BCUT2D eigenvalue weighted by molar-refractivity contribution is 6.15. The van der Waals surface area contributed by atoms with Crippen molar-refractivity contribution < 1.29 is 23.4 Å². The quantitative estimate of drug-likeness (QED) is 0.238. The number of fused-ring (bicyclic) bond motifs is 1. The van der Waals surface area contributed by atoms with E-state index in [1.165, 1.54) is 12.1 Å². The van der Waals surface area contributed by atoms with Gasteiger partial charge in [-0.25, -0.2) is 8.78 Å². The molecule has 1 aromatic heterocycles. The number of hydrogen-bond acceptors (Lipinski definition) is 7. The van der Waals surface area contributed by atoms with E-state index in [0.29, 0.717) is 29.4 Å². The second kappa shape index (κ2) is 14.7. The van der Waals surface area contributed by atoms with Crippen molar-refractivity contribution in [1.82, 2.24) is 20.0 Å². The van der Waals surface area contributed by atoms with Gasteiger partial charge in [-0.1, -0.05) is 0 Å². The summed E-state index contributed by atoms with van der Waals surface area (Å²) in [4.78, 5) is 23.6. The molecule has 268 valence electrons. The molecule has 0 saturated carbocycles. The summed E-state index contributed by atoms with van der Waals surface area (Å²) in [6, 6.07) is 13.7. The van der Waals surface area contributed by atoms with Gasteiger partial charge in [-0.05, 0) is 123 Å². The predicted molar refractivity (Wildman–Crippen MR) is 194 cm³/mol. The fourth-order valence-electron chi connectivity index (χ4n) is 7.28. The molecule has 4 heterocycles. The van der Waals surface area contributed by atoms with E-state index in [1.807, 2.05) is 38.2 Å². The highest BCUT2D eigenvalue weighted by atomic mass is 19.1. The van der Waals surface area contributed by atoms with E-state index in [9.17, 15) is 18.7 Å². The molecule has 3 aliphatic heterocycles. The highest BCUT2D eigenvalue weighted by Crippen LogP contribution is 2.33. The first-order valence-corrected chi connectivity index (χ1v) is 17.8. The van der Waals surface area contributed by atoms with Gasteiger partial charge in [0.1, 0.15) is 17.5 Å². The number of aliphatic hydroxyl groups excluding tert-OH is 1. The Balaban J connectivity index is 1.20. The van der Waals surface area contributed by atoms with E-state index in [-0.39, 0.29) is 18.9 Å². The second-order valence-corrected chi connectivity index (χ2v) is 14.8. The van der Waals surface area contributed by atoms with Gasteiger partial charge in [0.2, 0.25) is 0 Å². The first-order chi connectivity index (χ1) is 24.6. The first-order valence-electron chi connectivity index (χ1n) is 17.8. The van der Waals surface area contributed by atoms with E-state index in [2.05, 4.69) is 39.4 Å². The molecule has 7 rings (SSSR count). The van der Waals surface area contributed by atoms with Gasteiger partial charge in [0.25, 0.3) is 5.91 Å². The third kappa shape index (κ3) is 7.75. The summed E-state index contributed by atoms with van der Waals surface area (Å²) in [6.45, 7) is 9.42. The van der Waals surface area contributed by atoms with Crippen LogP contribution in [0.2, 0.25) is 0 Å². The lowest BCUT2D eigenvalue weighted by atomic mass is 9.89. The standard InChI is InChI=1S/C40H46F2N6O3/c1-40(2,25-49)48-24-31(23-44-48)36-20-30-22-43-38(37(30)19-29(36)15-27-16-32(41)21-33(42)17-27)45-39(50)35-5-4-34(47-10-8-46(3)9-11-47)18-28(35)14-26-6-12-51-13-7-26/h4-5,16-21,23-24,26,49H,6-15,22,25H2,1-3H3,(H,43,45,50). The number of nitrogens with zero attached hydrogens (tertiary/aromatic N) is 5. The Morgan fingerprint density at radius 2 is 1.73 bits per heavy atom. The van der Waals surface area contributed by atoms with Crippen molar-refractivity contribution in [2.24, 2.45) is 10.9 Å². The van der Waals surface area contributed by atoms with Crippen molar-refractivity contribution in [1.29, 1.82) is 0 Å². The molecule has 2 N–H and O–H groups in total. The zero-order valence-electron chi connectivity index (χ0n) is 29.6. The number of amidine groups is 1. The summed E-state index contributed by atoms with van der Waals surface area (Å²) < 4.78 is 35.9. The molecule has 9 nitrogen and oxygen atoms in total. The fraction of sp³-hybridized carbons (Fsp3) is 0.425. The Labute approximate surface area is 297 Å². The van der Waals surface area contributed by atoms with Crippen LogP contribution in [0, 0.1) is 17.6 Å². The molecule has 0 unspecified atom stereocenters. The zero-order chi connectivity index (χ0) is 35.7. The van der Waals surface area contributed by atoms with Crippen molar-refractivity contribution >= 4 is 17.4 Å². The number of amides is 1. The maximum Gasteiger partial charge on any atom is 0.257 e. The maximum atomic E-state index is 14.3. The number of piperazine rings is 1. The second-order valence-electron chi connectivity index (χ2n) is 14.8. The van der Waals surface area contributed by atoms with E-state index < -0.39 is 17.2 Å². The number of halogens is 2. The van der Waals surface area contributed by atoms with Gasteiger partial charge in [0, 0.05) is 74.0 Å². The third-order valence-electron chi connectivity index (χ3n) is 10.5. The van der Waals surface area contributed by atoms with Crippen LogP contribution in [0.1, 0.15) is 64.9 Å². The molecule has 0 atom stereocenters. The first kappa shape index (κ1) is 35.0. The molecule has 0 aliphatic carbocycles. The van der Waals surface area contributed by atoms with Crippen LogP contribution < -0.4 is 10.2 Å². The van der Waals surface area contributed by atoms with E-state index >= 15 is 0 Å². The molecule has 51 heavy (non-hydrogen) atoms. The number of rotatable bonds is 9. The number of nitrogens with one attached hydrogen (secondary N) is 1. The predicted octanol–water partition coefficient (Wildman–Crippen LogP) is 5.56. The van der Waals surface area contributed by atoms with Crippen molar-refractivity contribution in [2.45, 2.75) is 51.6 Å². The van der Waals surface area contributed by atoms with Crippen molar-refractivity contribution in [3.05, 3.63) is 106 Å². The molecule has 3 aliphatic rings. The molecular weight excluding hydrogens is 650 g/mol. The maximum absolute atomic E-state index is 14.3. The van der Waals surface area contributed by atoms with Gasteiger partial charge in [0.15, 0.2) is 0 Å². The van der Waals surface area contributed by atoms with Crippen LogP contribution in [0.3, 0.4) is 0 Å². The van der Waals surface area contributed by atoms with Crippen LogP contribution in [-0.4, -0.2) is 84.6 Å². The average Bonchev–Trinajstić information content (AvgIpc) is 3.76. The van der Waals surface area contributed by atoms with Gasteiger partial charge in [-0.2, -0.15) is 5.10 Å². The number of anilines is 1. The molecule has 2 fully saturated rings. The molecule has 2 saturated heterocycles. The van der Waals surface area contributed by atoms with Crippen LogP contribution in [0.5, 0.6) is 0 Å². The molecule has 0 bridgehead atoms. The van der Waals surface area contributed by atoms with Gasteiger partial charge >= 0.3 is 0 Å². The highest BCUT2D eigenvalue weighted by Gasteiger charge is 2.27. The number of likely N-dealkylation sites (N-methyl/N-ethyl adjacent to an activating group) is 1. The number of carbonyl (C=O) groups is 1. The van der Waals surface area contributed by atoms with Crippen LogP contribution in [0.15, 0.2) is 65.9 Å². The molecule has 0 spiro atoms. The fourth-order valence-corrected chi connectivity index (χ4v) is 7.28. The number of aromatic nitrogens is 2. The minimum absolute atomic E-state index is 0.0972. The van der Waals surface area contributed by atoms with Gasteiger partial charge < -0.3 is 25.0 Å². The SMILES string of the molecule is CN1CCN(c2ccc(C(=O)NC3=NCc4cc(-c5cnn(C(C)(C)CO)c5)c(Cc5cc(F)cc(F)c5)cc43)c(CC3CCOCC3)c2)CC1. The van der Waals surface area contributed by atoms with Crippen LogP contribution >= 0.6 is 0 Å². The molecule has 3 aromatic carbocycles. The molecule has 1 amide bonds. The van der Waals surface area contributed by atoms with E-state index in [1.54, 1.807) is 10.9 Å². The number of benzene rings is 3. The van der Waals surface area contributed by atoms with Gasteiger partial charge in [-0.15, -0.1) is 0 Å². The number of carbonyl (C=O) groups excluding carboxylic acids is 1. The molecular formula is C40H46F2N6O3. The largest absolute Gasteiger partial charge is 0.394 e. The lowest BCUT2D eigenvalue weighted by Gasteiger charge is -2.34. The summed E-state index contributed by atoms with van der Waals surface area (Å²) in [5.41, 5.74) is 6.84. The Morgan fingerprint density at radius 3 is 2.45 bits per heavy atom. The summed E-state index contributed by atoms with van der Waals surface area (Å²) in [7, 11) is 2.14. The number of ether oxygens (including phenoxy) is 1. The number of aliphatic hydroxyl groups is 1. The Morgan fingerprint density at radius 1 is 0.980 bits per heavy atom. The molecule has 0 radical (unpaired) electrons. The molecule has 11 heteroatoms. The third-order valence-corrected chi connectivity index (χ3v) is 10.5. The van der Waals surface area contributed by atoms with Crippen molar-refractivity contribution in [3.63, 3.8) is 0 Å². The van der Waals surface area contributed by atoms with Crippen LogP contribution in [-0.2, 0) is 29.7 Å². The topological polar surface area (TPSA) is 95.2 Å². The monoisotopic (exact) mass is 696 g/mol. The summed E-state index contributed by atoms with van der Waals surface area (Å²) in [6.07, 6.45) is 6.59. The van der Waals surface area contributed by atoms with E-state index in [4.69, 9.17) is 9.73 Å². The summed E-state index contributed by atoms with van der Waals surface area (Å²) in [5.74, 6) is -0.576. The smallest absolute Gasteiger partial charge is 0.257 e. The summed E-state index contributed by atoms with van der Waals surface area (Å²) in [5, 5.41) is 17.6. The van der Waals surface area contributed by atoms with Gasteiger partial charge in [0.05, 0.1) is 24.9 Å². The van der Waals surface area contributed by atoms with Gasteiger partial charge in [-0.3, -0.25) is 14.5 Å². The lowest BCUT2D eigenvalue weighted by Crippen LogP contribution is -2.44. The van der Waals surface area contributed by atoms with Crippen LogP contribution in [0.4, 0.5) is 14.5 Å². The van der Waals surface area contributed by atoms with E-state index in [0.717, 1.165) is 104 Å². The van der Waals surface area contributed by atoms with Crippen molar-refractivity contribution in [2.75, 3.05) is 57.9 Å². The molecule has 4 aromatic rings. The summed E-state index contributed by atoms with van der Waals surface area (Å²) >= 11 is 0. The average molecular weight is 697 g/mol. The number of aliphatic imine (C=N–C) groups is 1. The Kier molecular flexibility index (Phi) is 10.0. The minimum Gasteiger partial charge on any atom is -0.394 e. The zero-order valence-corrected chi connectivity index (χ0v) is 29.6. The van der Waals surface area contributed by atoms with Crippen LogP contribution in [0.25, 0.3) is 11.1 Å². The Hall–Kier alpha value is -4.45. The minimum atomic E-state index is -0.644. The number of hydrogen-bond donors (Lipinski definition) is 2. The van der Waals surface area contributed by atoms with Crippen molar-refractivity contribution in [3.8, 4) is 11.1 Å². The lowest BCUT2D eigenvalue weighted by molar-refractivity contribution is 0.0664. The normalized spacial score (nSPS) is 17.1.